The molecule has 1 fully saturated rings. The fourth-order valence-corrected chi connectivity index (χ4v) is 3.18. The van der Waals surface area contributed by atoms with E-state index in [1.54, 1.807) is 6.33 Å². The predicted molar refractivity (Wildman–Crippen MR) is 87.0 cm³/mol. The maximum atomic E-state index is 12.5. The lowest BCUT2D eigenvalue weighted by molar-refractivity contribution is 0.178. The Bertz CT molecular complexity index is 654. The summed E-state index contributed by atoms with van der Waals surface area (Å²) in [4.78, 5) is 21.6. The molecule has 0 saturated carbocycles. The van der Waals surface area contributed by atoms with Crippen LogP contribution in [-0.4, -0.2) is 43.8 Å². The minimum Gasteiger partial charge on any atom is -0.348 e. The van der Waals surface area contributed by atoms with Crippen molar-refractivity contribution in [3.05, 3.63) is 35.7 Å². The lowest BCUT2D eigenvalue weighted by atomic mass is 9.94. The number of aromatic amines is 1. The fourth-order valence-electron chi connectivity index (χ4n) is 3.18. The van der Waals surface area contributed by atoms with Crippen molar-refractivity contribution in [3.8, 4) is 0 Å². The van der Waals surface area contributed by atoms with Crippen LogP contribution in [0.25, 0.3) is 0 Å². The number of likely N-dealkylation sites (tertiary alicyclic amines) is 1. The van der Waals surface area contributed by atoms with Gasteiger partial charge in [-0.2, -0.15) is 5.10 Å². The Labute approximate surface area is 136 Å². The number of urea groups is 1. The summed E-state index contributed by atoms with van der Waals surface area (Å²) in [6, 6.07) is -0.0367. The van der Waals surface area contributed by atoms with Gasteiger partial charge in [0.1, 0.15) is 0 Å². The van der Waals surface area contributed by atoms with Crippen LogP contribution in [0.2, 0.25) is 0 Å². The molecule has 0 unspecified atom stereocenters. The highest BCUT2D eigenvalue weighted by Crippen LogP contribution is 2.26. The summed E-state index contributed by atoms with van der Waals surface area (Å²) in [5.74, 6) is 0.472. The number of nitrogens with one attached hydrogen (secondary N) is 2. The molecule has 124 valence electrons. The van der Waals surface area contributed by atoms with E-state index in [4.69, 9.17) is 0 Å². The van der Waals surface area contributed by atoms with Gasteiger partial charge in [-0.05, 0) is 26.7 Å². The Morgan fingerprint density at radius 2 is 2.13 bits per heavy atom. The first kappa shape index (κ1) is 15.6. The highest BCUT2D eigenvalue weighted by molar-refractivity contribution is 5.74. The second-order valence-corrected chi connectivity index (χ2v) is 6.25. The molecule has 1 saturated heterocycles. The molecule has 0 aliphatic carbocycles. The number of hydrogen-bond donors (Lipinski definition) is 2. The lowest BCUT2D eigenvalue weighted by Crippen LogP contribution is -2.44. The quantitative estimate of drug-likeness (QED) is 0.910. The number of carbonyl (C=O) groups excluding carboxylic acids is 1. The Hall–Kier alpha value is -2.31. The third kappa shape index (κ3) is 3.23. The molecule has 2 aromatic heterocycles. The zero-order chi connectivity index (χ0) is 16.4. The number of H-pyrrole nitrogens is 1. The van der Waals surface area contributed by atoms with Crippen molar-refractivity contribution in [2.75, 3.05) is 13.1 Å². The van der Waals surface area contributed by atoms with Gasteiger partial charge >= 0.3 is 6.03 Å². The van der Waals surface area contributed by atoms with Gasteiger partial charge in [0.2, 0.25) is 0 Å². The normalized spacial score (nSPS) is 17.3. The summed E-state index contributed by atoms with van der Waals surface area (Å²) in [5.41, 5.74) is 3.31. The van der Waals surface area contributed by atoms with Crippen molar-refractivity contribution in [2.24, 2.45) is 7.05 Å². The maximum absolute atomic E-state index is 12.5. The highest BCUT2D eigenvalue weighted by atomic mass is 16.2. The molecular formula is C16H24N6O. The van der Waals surface area contributed by atoms with Crippen LogP contribution in [0.4, 0.5) is 4.79 Å². The third-order valence-electron chi connectivity index (χ3n) is 4.82. The maximum Gasteiger partial charge on any atom is 0.317 e. The van der Waals surface area contributed by atoms with E-state index in [1.165, 1.54) is 5.69 Å². The van der Waals surface area contributed by atoms with Crippen LogP contribution in [-0.2, 0) is 7.05 Å². The molecule has 2 aromatic rings. The molecule has 23 heavy (non-hydrogen) atoms. The number of imidazole rings is 1. The van der Waals surface area contributed by atoms with E-state index in [-0.39, 0.29) is 12.1 Å². The first-order valence-electron chi connectivity index (χ1n) is 8.08. The number of hydrogen-bond acceptors (Lipinski definition) is 3. The van der Waals surface area contributed by atoms with E-state index < -0.39 is 0 Å². The zero-order valence-corrected chi connectivity index (χ0v) is 13.9. The largest absolute Gasteiger partial charge is 0.348 e. The van der Waals surface area contributed by atoms with E-state index in [0.717, 1.165) is 37.2 Å². The predicted octanol–water partition coefficient (Wildman–Crippen LogP) is 2.10. The third-order valence-corrected chi connectivity index (χ3v) is 4.82. The SMILES string of the molecule is Cc1c([C@H](C)NC(=O)N2CCC(c3cnc[nH]3)CC2)cnn1C. The summed E-state index contributed by atoms with van der Waals surface area (Å²) in [5, 5.41) is 7.32. The molecule has 3 heterocycles. The van der Waals surface area contributed by atoms with E-state index in [0.29, 0.717) is 5.92 Å². The number of nitrogens with zero attached hydrogens (tertiary/aromatic N) is 4. The van der Waals surface area contributed by atoms with Crippen LogP contribution in [0.3, 0.4) is 0 Å². The molecule has 1 aliphatic rings. The summed E-state index contributed by atoms with van der Waals surface area (Å²) < 4.78 is 1.83. The van der Waals surface area contributed by atoms with E-state index in [2.05, 4.69) is 20.4 Å². The smallest absolute Gasteiger partial charge is 0.317 e. The molecule has 1 aliphatic heterocycles. The minimum absolute atomic E-state index is 0.00353. The second-order valence-electron chi connectivity index (χ2n) is 6.25. The minimum atomic E-state index is -0.0402. The van der Waals surface area contributed by atoms with Crippen molar-refractivity contribution < 1.29 is 4.79 Å². The van der Waals surface area contributed by atoms with Crippen LogP contribution in [0.5, 0.6) is 0 Å². The number of aryl methyl sites for hydroxylation is 1. The van der Waals surface area contributed by atoms with Gasteiger partial charge in [0.25, 0.3) is 0 Å². The molecule has 0 radical (unpaired) electrons. The van der Waals surface area contributed by atoms with Crippen LogP contribution >= 0.6 is 0 Å². The Kier molecular flexibility index (Phi) is 4.36. The average Bonchev–Trinajstić information content (AvgIpc) is 3.19. The van der Waals surface area contributed by atoms with Crippen molar-refractivity contribution in [1.82, 2.24) is 30.0 Å². The molecular weight excluding hydrogens is 292 g/mol. The Morgan fingerprint density at radius 1 is 1.39 bits per heavy atom. The van der Waals surface area contributed by atoms with Crippen LogP contribution < -0.4 is 5.32 Å². The van der Waals surface area contributed by atoms with Gasteiger partial charge in [-0.25, -0.2) is 9.78 Å². The van der Waals surface area contributed by atoms with Gasteiger partial charge in [0, 0.05) is 49.2 Å². The fraction of sp³-hybridized carbons (Fsp3) is 0.562. The number of carbonyl (C=O) groups is 1. The number of amides is 2. The van der Waals surface area contributed by atoms with Gasteiger partial charge in [-0.1, -0.05) is 0 Å². The van der Waals surface area contributed by atoms with Gasteiger partial charge in [-0.3, -0.25) is 4.68 Å². The average molecular weight is 316 g/mol. The standard InChI is InChI=1S/C16H24N6O/c1-11(14-8-19-21(3)12(14)2)20-16(23)22-6-4-13(5-7-22)15-9-17-10-18-15/h8-11,13H,4-7H2,1-3H3,(H,17,18)(H,20,23)/t11-/m0/s1. The molecule has 1 atom stereocenters. The first-order chi connectivity index (χ1) is 11.1. The molecule has 0 spiro atoms. The first-order valence-corrected chi connectivity index (χ1v) is 8.08. The summed E-state index contributed by atoms with van der Waals surface area (Å²) in [7, 11) is 1.91. The van der Waals surface area contributed by atoms with E-state index in [9.17, 15) is 4.79 Å². The molecule has 7 nitrogen and oxygen atoms in total. The number of aromatic nitrogens is 4. The molecule has 2 N–H and O–H groups in total. The molecule has 3 rings (SSSR count). The summed E-state index contributed by atoms with van der Waals surface area (Å²) >= 11 is 0. The van der Waals surface area contributed by atoms with Gasteiger partial charge in [0.15, 0.2) is 0 Å². The molecule has 0 aromatic carbocycles. The monoisotopic (exact) mass is 316 g/mol. The van der Waals surface area contributed by atoms with Gasteiger partial charge < -0.3 is 15.2 Å². The number of rotatable bonds is 3. The molecule has 0 bridgehead atoms. The lowest BCUT2D eigenvalue weighted by Gasteiger charge is -2.32. The van der Waals surface area contributed by atoms with Crippen molar-refractivity contribution in [1.29, 1.82) is 0 Å². The van der Waals surface area contributed by atoms with E-state index >= 15 is 0 Å². The zero-order valence-electron chi connectivity index (χ0n) is 13.9. The molecule has 7 heteroatoms. The highest BCUT2D eigenvalue weighted by Gasteiger charge is 2.25. The van der Waals surface area contributed by atoms with Crippen LogP contribution in [0, 0.1) is 6.92 Å². The summed E-state index contributed by atoms with van der Waals surface area (Å²) in [6.45, 7) is 5.56. The Balaban J connectivity index is 1.54. The topological polar surface area (TPSA) is 78.8 Å². The number of piperidine rings is 1. The Morgan fingerprint density at radius 3 is 2.70 bits per heavy atom. The van der Waals surface area contributed by atoms with Crippen molar-refractivity contribution in [2.45, 2.75) is 38.6 Å². The van der Waals surface area contributed by atoms with Crippen molar-refractivity contribution >= 4 is 6.03 Å². The van der Waals surface area contributed by atoms with Gasteiger partial charge in [-0.15, -0.1) is 0 Å². The van der Waals surface area contributed by atoms with Crippen molar-refractivity contribution in [3.63, 3.8) is 0 Å². The van der Waals surface area contributed by atoms with E-state index in [1.807, 2.05) is 42.9 Å². The van der Waals surface area contributed by atoms with Gasteiger partial charge in [0.05, 0.1) is 18.6 Å². The summed E-state index contributed by atoms with van der Waals surface area (Å²) in [6.07, 6.45) is 7.36. The van der Waals surface area contributed by atoms with Crippen LogP contribution in [0.1, 0.15) is 48.7 Å². The second kappa shape index (κ2) is 6.44. The van der Waals surface area contributed by atoms with Crippen LogP contribution in [0.15, 0.2) is 18.7 Å². The molecule has 2 amide bonds.